The first-order chi connectivity index (χ1) is 13.3. The fourth-order valence-corrected chi connectivity index (χ4v) is 3.85. The average molecular weight is 358 g/mol. The van der Waals surface area contributed by atoms with E-state index < -0.39 is 0 Å². The maximum Gasteiger partial charge on any atom is 0.122 e. The van der Waals surface area contributed by atoms with E-state index >= 15 is 0 Å². The zero-order valence-electron chi connectivity index (χ0n) is 16.1. The number of aryl methyl sites for hydroxylation is 1. The van der Waals surface area contributed by atoms with Gasteiger partial charge in [0.15, 0.2) is 0 Å². The van der Waals surface area contributed by atoms with Gasteiger partial charge in [0.2, 0.25) is 0 Å². The molecule has 4 rings (SSSR count). The molecular weight excluding hydrogens is 332 g/mol. The van der Waals surface area contributed by atoms with E-state index in [4.69, 9.17) is 4.74 Å². The minimum Gasteiger partial charge on any atom is -0.497 e. The number of fused-ring (bicyclic) bond motifs is 3. The Morgan fingerprint density at radius 2 is 1.74 bits per heavy atom. The molecule has 27 heavy (non-hydrogen) atoms. The largest absolute Gasteiger partial charge is 0.497 e. The molecular formula is C24H26N2O. The molecule has 4 aromatic rings. The zero-order valence-corrected chi connectivity index (χ0v) is 16.1. The zero-order chi connectivity index (χ0) is 18.6. The molecule has 2 heterocycles. The Balaban J connectivity index is 1.80. The standard InChI is InChI=1S/C24H26N2O/c1-3-4-5-8-15-26-23-10-7-6-9-20(23)21-16-18(11-12-24(21)26)22-17-19(27-2)13-14-25-22/h6-7,9-14,16-17H,3-5,8,15H2,1-2H3. The highest BCUT2D eigenvalue weighted by Crippen LogP contribution is 2.33. The smallest absolute Gasteiger partial charge is 0.122 e. The fraction of sp³-hybridized carbons (Fsp3) is 0.292. The van der Waals surface area contributed by atoms with Gasteiger partial charge in [0, 0.05) is 46.2 Å². The molecule has 0 aliphatic rings. The van der Waals surface area contributed by atoms with Crippen molar-refractivity contribution >= 4 is 21.8 Å². The molecule has 2 aromatic carbocycles. The van der Waals surface area contributed by atoms with Crippen molar-refractivity contribution in [3.05, 3.63) is 60.8 Å². The van der Waals surface area contributed by atoms with Crippen molar-refractivity contribution in [1.82, 2.24) is 9.55 Å². The Morgan fingerprint density at radius 1 is 0.889 bits per heavy atom. The summed E-state index contributed by atoms with van der Waals surface area (Å²) in [7, 11) is 1.69. The lowest BCUT2D eigenvalue weighted by Crippen LogP contribution is -1.97. The molecule has 3 heteroatoms. The highest BCUT2D eigenvalue weighted by molar-refractivity contribution is 6.09. The normalized spacial score (nSPS) is 11.3. The van der Waals surface area contributed by atoms with Gasteiger partial charge in [0.1, 0.15) is 5.75 Å². The van der Waals surface area contributed by atoms with Crippen LogP contribution >= 0.6 is 0 Å². The van der Waals surface area contributed by atoms with Gasteiger partial charge in [0.05, 0.1) is 12.8 Å². The van der Waals surface area contributed by atoms with Gasteiger partial charge >= 0.3 is 0 Å². The molecule has 138 valence electrons. The lowest BCUT2D eigenvalue weighted by atomic mass is 10.1. The van der Waals surface area contributed by atoms with Gasteiger partial charge in [0.25, 0.3) is 0 Å². The van der Waals surface area contributed by atoms with Crippen LogP contribution in [-0.2, 0) is 6.54 Å². The molecule has 0 N–H and O–H groups in total. The first-order valence-electron chi connectivity index (χ1n) is 9.83. The van der Waals surface area contributed by atoms with E-state index in [9.17, 15) is 0 Å². The summed E-state index contributed by atoms with van der Waals surface area (Å²) < 4.78 is 7.83. The van der Waals surface area contributed by atoms with E-state index in [0.717, 1.165) is 23.6 Å². The number of para-hydroxylation sites is 1. The van der Waals surface area contributed by atoms with Crippen LogP contribution in [0.5, 0.6) is 5.75 Å². The van der Waals surface area contributed by atoms with Crippen molar-refractivity contribution in [3.63, 3.8) is 0 Å². The molecule has 0 fully saturated rings. The van der Waals surface area contributed by atoms with Crippen molar-refractivity contribution < 1.29 is 4.74 Å². The second kappa shape index (κ2) is 7.83. The van der Waals surface area contributed by atoms with Crippen LogP contribution in [0.3, 0.4) is 0 Å². The van der Waals surface area contributed by atoms with Gasteiger partial charge in [-0.2, -0.15) is 0 Å². The quantitative estimate of drug-likeness (QED) is 0.355. The Kier molecular flexibility index (Phi) is 5.10. The minimum absolute atomic E-state index is 0.832. The van der Waals surface area contributed by atoms with E-state index in [0.29, 0.717) is 0 Å². The summed E-state index contributed by atoms with van der Waals surface area (Å²) in [5.41, 5.74) is 4.69. The third-order valence-corrected chi connectivity index (χ3v) is 5.27. The van der Waals surface area contributed by atoms with Gasteiger partial charge in [-0.1, -0.05) is 50.5 Å². The maximum atomic E-state index is 5.36. The topological polar surface area (TPSA) is 27.1 Å². The Hall–Kier alpha value is -2.81. The number of methoxy groups -OCH3 is 1. The maximum absolute atomic E-state index is 5.36. The third-order valence-electron chi connectivity index (χ3n) is 5.27. The highest BCUT2D eigenvalue weighted by atomic mass is 16.5. The fourth-order valence-electron chi connectivity index (χ4n) is 3.85. The monoisotopic (exact) mass is 358 g/mol. The van der Waals surface area contributed by atoms with Gasteiger partial charge in [-0.15, -0.1) is 0 Å². The number of ether oxygens (including phenoxy) is 1. The van der Waals surface area contributed by atoms with E-state index in [-0.39, 0.29) is 0 Å². The summed E-state index contributed by atoms with van der Waals surface area (Å²) >= 11 is 0. The molecule has 0 saturated carbocycles. The molecule has 0 aliphatic heterocycles. The average Bonchev–Trinajstić information content (AvgIpc) is 3.04. The third kappa shape index (κ3) is 3.42. The van der Waals surface area contributed by atoms with Crippen molar-refractivity contribution in [2.45, 2.75) is 39.2 Å². The van der Waals surface area contributed by atoms with Crippen LogP contribution in [0.2, 0.25) is 0 Å². The highest BCUT2D eigenvalue weighted by Gasteiger charge is 2.12. The molecule has 3 nitrogen and oxygen atoms in total. The van der Waals surface area contributed by atoms with Crippen LogP contribution in [0, 0.1) is 0 Å². The van der Waals surface area contributed by atoms with Crippen LogP contribution in [-0.4, -0.2) is 16.7 Å². The number of pyridine rings is 1. The van der Waals surface area contributed by atoms with Crippen molar-refractivity contribution in [3.8, 4) is 17.0 Å². The molecule has 0 amide bonds. The molecule has 0 saturated heterocycles. The van der Waals surface area contributed by atoms with Crippen molar-refractivity contribution in [2.24, 2.45) is 0 Å². The minimum atomic E-state index is 0.832. The molecule has 0 radical (unpaired) electrons. The van der Waals surface area contributed by atoms with Crippen LogP contribution in [0.1, 0.15) is 32.6 Å². The Labute approximate surface area is 160 Å². The van der Waals surface area contributed by atoms with E-state index in [1.54, 1.807) is 13.3 Å². The summed E-state index contributed by atoms with van der Waals surface area (Å²) in [5, 5.41) is 2.61. The summed E-state index contributed by atoms with van der Waals surface area (Å²) in [4.78, 5) is 4.53. The summed E-state index contributed by atoms with van der Waals surface area (Å²) in [5.74, 6) is 0.832. The molecule has 0 unspecified atom stereocenters. The Bertz CT molecular complexity index is 1060. The molecule has 0 spiro atoms. The molecule has 0 atom stereocenters. The van der Waals surface area contributed by atoms with E-state index in [1.165, 1.54) is 47.5 Å². The predicted molar refractivity (Wildman–Crippen MR) is 113 cm³/mol. The Morgan fingerprint density at radius 3 is 2.59 bits per heavy atom. The van der Waals surface area contributed by atoms with Gasteiger partial charge in [-0.25, -0.2) is 0 Å². The summed E-state index contributed by atoms with van der Waals surface area (Å²) in [6.07, 6.45) is 6.89. The number of rotatable bonds is 7. The number of aromatic nitrogens is 2. The van der Waals surface area contributed by atoms with Crippen LogP contribution in [0.25, 0.3) is 33.1 Å². The van der Waals surface area contributed by atoms with Crippen LogP contribution < -0.4 is 4.74 Å². The van der Waals surface area contributed by atoms with Crippen molar-refractivity contribution in [2.75, 3.05) is 7.11 Å². The van der Waals surface area contributed by atoms with Crippen LogP contribution in [0.4, 0.5) is 0 Å². The number of hydrogen-bond acceptors (Lipinski definition) is 2. The summed E-state index contributed by atoms with van der Waals surface area (Å²) in [6, 6.07) is 19.3. The number of unbranched alkanes of at least 4 members (excludes halogenated alkanes) is 3. The lowest BCUT2D eigenvalue weighted by Gasteiger charge is -2.08. The van der Waals surface area contributed by atoms with E-state index in [2.05, 4.69) is 58.9 Å². The summed E-state index contributed by atoms with van der Waals surface area (Å²) in [6.45, 7) is 3.33. The number of benzene rings is 2. The first kappa shape index (κ1) is 17.6. The molecule has 0 bridgehead atoms. The van der Waals surface area contributed by atoms with Crippen molar-refractivity contribution in [1.29, 1.82) is 0 Å². The SMILES string of the molecule is CCCCCCn1c2ccccc2c2cc(-c3cc(OC)ccn3)ccc21. The van der Waals surface area contributed by atoms with Gasteiger partial charge in [-0.05, 0) is 30.7 Å². The molecule has 2 aromatic heterocycles. The number of nitrogens with zero attached hydrogens (tertiary/aromatic N) is 2. The van der Waals surface area contributed by atoms with Gasteiger partial charge < -0.3 is 9.30 Å². The van der Waals surface area contributed by atoms with E-state index in [1.807, 2.05) is 12.1 Å². The predicted octanol–water partition coefficient (Wildman–Crippen LogP) is 6.45. The second-order valence-corrected chi connectivity index (χ2v) is 7.04. The second-order valence-electron chi connectivity index (χ2n) is 7.04. The first-order valence-corrected chi connectivity index (χ1v) is 9.83. The van der Waals surface area contributed by atoms with Crippen LogP contribution in [0.15, 0.2) is 60.8 Å². The lowest BCUT2D eigenvalue weighted by molar-refractivity contribution is 0.414. The number of hydrogen-bond donors (Lipinski definition) is 0. The molecule has 0 aliphatic carbocycles. The van der Waals surface area contributed by atoms with Gasteiger partial charge in [-0.3, -0.25) is 4.98 Å².